The fourth-order valence-electron chi connectivity index (χ4n) is 2.88. The summed E-state index contributed by atoms with van der Waals surface area (Å²) in [6.07, 6.45) is 7.51. The summed E-state index contributed by atoms with van der Waals surface area (Å²) in [7, 11) is 0. The summed E-state index contributed by atoms with van der Waals surface area (Å²) in [5, 5.41) is 8.72. The summed E-state index contributed by atoms with van der Waals surface area (Å²) >= 11 is 7.64. The lowest BCUT2D eigenvalue weighted by Gasteiger charge is -2.37. The quantitative estimate of drug-likeness (QED) is 0.741. The summed E-state index contributed by atoms with van der Waals surface area (Å²) in [6, 6.07) is 1.87. The number of anilines is 1. The van der Waals surface area contributed by atoms with Crippen molar-refractivity contribution < 1.29 is 0 Å². The standard InChI is InChI=1S/C17H19ClN6S/c1-17(2)4-7-24(8-5-17)13-10-20-14-15(21-13)22-23-16(14)25-12-3-6-19-9-11(12)18/h3,6,9-10H,4-5,7-8H2,1-2H3,(H,21,22,23). The van der Waals surface area contributed by atoms with Crippen molar-refractivity contribution in [2.45, 2.75) is 36.6 Å². The van der Waals surface area contributed by atoms with Gasteiger partial charge in [0.05, 0.1) is 11.2 Å². The molecule has 1 N–H and O–H groups in total. The summed E-state index contributed by atoms with van der Waals surface area (Å²) < 4.78 is 0. The average molecular weight is 375 g/mol. The highest BCUT2D eigenvalue weighted by Crippen LogP contribution is 2.35. The Kier molecular flexibility index (Phi) is 4.29. The van der Waals surface area contributed by atoms with Crippen LogP contribution in [0, 0.1) is 5.41 Å². The lowest BCUT2D eigenvalue weighted by Crippen LogP contribution is -2.37. The van der Waals surface area contributed by atoms with Gasteiger partial charge in [0.15, 0.2) is 10.7 Å². The zero-order valence-corrected chi connectivity index (χ0v) is 15.7. The van der Waals surface area contributed by atoms with Crippen LogP contribution in [0.2, 0.25) is 5.02 Å². The molecule has 0 saturated carbocycles. The molecule has 4 rings (SSSR count). The minimum Gasteiger partial charge on any atom is -0.355 e. The van der Waals surface area contributed by atoms with E-state index in [0.29, 0.717) is 16.1 Å². The Balaban J connectivity index is 1.58. The van der Waals surface area contributed by atoms with E-state index in [1.165, 1.54) is 11.8 Å². The predicted octanol–water partition coefficient (Wildman–Crippen LogP) is 4.18. The van der Waals surface area contributed by atoms with Crippen LogP contribution >= 0.6 is 23.4 Å². The first-order chi connectivity index (χ1) is 12.0. The van der Waals surface area contributed by atoms with Gasteiger partial charge in [0.1, 0.15) is 11.3 Å². The Bertz CT molecular complexity index is 899. The molecule has 3 aromatic rings. The maximum absolute atomic E-state index is 6.18. The summed E-state index contributed by atoms with van der Waals surface area (Å²) in [5.41, 5.74) is 1.88. The lowest BCUT2D eigenvalue weighted by molar-refractivity contribution is 0.279. The normalized spacial score (nSPS) is 17.2. The highest BCUT2D eigenvalue weighted by Gasteiger charge is 2.26. The van der Waals surface area contributed by atoms with Crippen molar-refractivity contribution in [3.8, 4) is 0 Å². The average Bonchev–Trinajstić information content (AvgIpc) is 2.99. The number of aromatic amines is 1. The third kappa shape index (κ3) is 3.43. The lowest BCUT2D eigenvalue weighted by atomic mass is 9.83. The van der Waals surface area contributed by atoms with E-state index in [1.807, 2.05) is 12.3 Å². The third-order valence-corrected chi connectivity index (χ3v) is 6.08. The number of fused-ring (bicyclic) bond motifs is 1. The van der Waals surface area contributed by atoms with Crippen LogP contribution in [0.15, 0.2) is 34.6 Å². The van der Waals surface area contributed by atoms with Crippen molar-refractivity contribution in [1.29, 1.82) is 0 Å². The molecule has 1 saturated heterocycles. The summed E-state index contributed by atoms with van der Waals surface area (Å²) in [6.45, 7) is 6.66. The molecule has 1 aliphatic heterocycles. The number of nitrogens with zero attached hydrogens (tertiary/aromatic N) is 5. The van der Waals surface area contributed by atoms with E-state index < -0.39 is 0 Å². The molecular formula is C17H19ClN6S. The Morgan fingerprint density at radius 3 is 2.80 bits per heavy atom. The van der Waals surface area contributed by atoms with Gasteiger partial charge in [-0.3, -0.25) is 10.1 Å². The molecule has 4 heterocycles. The highest BCUT2D eigenvalue weighted by atomic mass is 35.5. The van der Waals surface area contributed by atoms with Crippen molar-refractivity contribution >= 4 is 40.3 Å². The largest absolute Gasteiger partial charge is 0.355 e. The van der Waals surface area contributed by atoms with Gasteiger partial charge in [-0.25, -0.2) is 9.97 Å². The molecule has 0 spiro atoms. The van der Waals surface area contributed by atoms with E-state index in [1.54, 1.807) is 12.4 Å². The van der Waals surface area contributed by atoms with E-state index >= 15 is 0 Å². The fourth-order valence-corrected chi connectivity index (χ4v) is 3.94. The smallest absolute Gasteiger partial charge is 0.177 e. The van der Waals surface area contributed by atoms with Crippen LogP contribution < -0.4 is 4.90 Å². The number of aromatic nitrogens is 5. The topological polar surface area (TPSA) is 70.6 Å². The number of H-pyrrole nitrogens is 1. The van der Waals surface area contributed by atoms with Crippen molar-refractivity contribution in [2.24, 2.45) is 5.41 Å². The first-order valence-electron chi connectivity index (χ1n) is 8.25. The van der Waals surface area contributed by atoms with E-state index in [0.717, 1.165) is 47.2 Å². The van der Waals surface area contributed by atoms with E-state index in [9.17, 15) is 0 Å². The number of nitrogens with one attached hydrogen (secondary N) is 1. The van der Waals surface area contributed by atoms with Crippen LogP contribution in [-0.4, -0.2) is 38.2 Å². The van der Waals surface area contributed by atoms with Gasteiger partial charge in [0.2, 0.25) is 0 Å². The van der Waals surface area contributed by atoms with Crippen LogP contribution in [0.3, 0.4) is 0 Å². The molecule has 3 aromatic heterocycles. The minimum absolute atomic E-state index is 0.412. The molecule has 0 amide bonds. The van der Waals surface area contributed by atoms with Crippen LogP contribution in [0.1, 0.15) is 26.7 Å². The molecule has 1 fully saturated rings. The maximum atomic E-state index is 6.18. The van der Waals surface area contributed by atoms with Crippen molar-refractivity contribution in [3.63, 3.8) is 0 Å². The Labute approximate surface area is 155 Å². The third-order valence-electron chi connectivity index (χ3n) is 4.61. The first kappa shape index (κ1) is 16.6. The van der Waals surface area contributed by atoms with Gasteiger partial charge in [-0.1, -0.05) is 37.2 Å². The van der Waals surface area contributed by atoms with Crippen molar-refractivity contribution in [3.05, 3.63) is 29.7 Å². The van der Waals surface area contributed by atoms with Gasteiger partial charge < -0.3 is 4.90 Å². The van der Waals surface area contributed by atoms with Gasteiger partial charge in [0, 0.05) is 30.4 Å². The second-order valence-corrected chi connectivity index (χ2v) is 8.45. The Hall–Kier alpha value is -1.86. The van der Waals surface area contributed by atoms with Crippen LogP contribution in [0.25, 0.3) is 11.2 Å². The molecule has 25 heavy (non-hydrogen) atoms. The van der Waals surface area contributed by atoms with Crippen LogP contribution in [-0.2, 0) is 0 Å². The monoisotopic (exact) mass is 374 g/mol. The number of rotatable bonds is 3. The van der Waals surface area contributed by atoms with E-state index in [2.05, 4.69) is 38.9 Å². The number of hydrogen-bond donors (Lipinski definition) is 1. The summed E-state index contributed by atoms with van der Waals surface area (Å²) in [5.74, 6) is 0.908. The van der Waals surface area contributed by atoms with Crippen LogP contribution in [0.5, 0.6) is 0 Å². The molecule has 0 aliphatic carbocycles. The minimum atomic E-state index is 0.412. The van der Waals surface area contributed by atoms with Gasteiger partial charge in [-0.2, -0.15) is 5.10 Å². The van der Waals surface area contributed by atoms with Crippen LogP contribution in [0.4, 0.5) is 5.82 Å². The second-order valence-electron chi connectivity index (χ2n) is 7.01. The molecule has 0 radical (unpaired) electrons. The molecular weight excluding hydrogens is 356 g/mol. The SMILES string of the molecule is CC1(C)CCN(c2cnc3c(Sc4ccncc4Cl)n[nH]c3n2)CC1. The van der Waals surface area contributed by atoms with E-state index in [4.69, 9.17) is 16.6 Å². The first-order valence-corrected chi connectivity index (χ1v) is 9.45. The van der Waals surface area contributed by atoms with Crippen molar-refractivity contribution in [1.82, 2.24) is 25.1 Å². The number of piperidine rings is 1. The van der Waals surface area contributed by atoms with Gasteiger partial charge in [-0.05, 0) is 24.3 Å². The molecule has 1 aliphatic rings. The molecule has 0 aromatic carbocycles. The van der Waals surface area contributed by atoms with Gasteiger partial charge in [0.25, 0.3) is 0 Å². The molecule has 8 heteroatoms. The molecule has 0 atom stereocenters. The number of hydrogen-bond acceptors (Lipinski definition) is 6. The Morgan fingerprint density at radius 2 is 2.04 bits per heavy atom. The van der Waals surface area contributed by atoms with E-state index in [-0.39, 0.29) is 0 Å². The van der Waals surface area contributed by atoms with Gasteiger partial charge in [-0.15, -0.1) is 0 Å². The zero-order chi connectivity index (χ0) is 17.4. The predicted molar refractivity (Wildman–Crippen MR) is 100 cm³/mol. The second kappa shape index (κ2) is 6.46. The van der Waals surface area contributed by atoms with Crippen molar-refractivity contribution in [2.75, 3.05) is 18.0 Å². The fraction of sp³-hybridized carbons (Fsp3) is 0.412. The Morgan fingerprint density at radius 1 is 1.24 bits per heavy atom. The maximum Gasteiger partial charge on any atom is 0.177 e. The molecule has 130 valence electrons. The number of halogens is 1. The summed E-state index contributed by atoms with van der Waals surface area (Å²) in [4.78, 5) is 16.5. The molecule has 6 nitrogen and oxygen atoms in total. The highest BCUT2D eigenvalue weighted by molar-refractivity contribution is 7.99. The molecule has 0 unspecified atom stereocenters. The molecule has 0 bridgehead atoms. The zero-order valence-electron chi connectivity index (χ0n) is 14.2. The number of pyridine rings is 1. The van der Waals surface area contributed by atoms with Gasteiger partial charge >= 0.3 is 0 Å².